The number of urea groups is 1. The van der Waals surface area contributed by atoms with E-state index < -0.39 is 0 Å². The molecule has 2 aliphatic rings. The number of hydrogen-bond acceptors (Lipinski definition) is 5. The van der Waals surface area contributed by atoms with Gasteiger partial charge in [-0.25, -0.2) is 9.78 Å². The van der Waals surface area contributed by atoms with Gasteiger partial charge in [0.25, 0.3) is 0 Å². The highest BCUT2D eigenvalue weighted by molar-refractivity contribution is 5.75. The first-order chi connectivity index (χ1) is 10.1. The van der Waals surface area contributed by atoms with Crippen LogP contribution in [0, 0.1) is 0 Å². The molecular formula is C14H20N4O3. The molecule has 0 aromatic carbocycles. The van der Waals surface area contributed by atoms with E-state index in [1.54, 1.807) is 42.5 Å². The average Bonchev–Trinajstić information content (AvgIpc) is 2.45. The number of hydrogen-bond donors (Lipinski definition) is 0. The number of nitrogens with zero attached hydrogens (tertiary/aromatic N) is 4. The van der Waals surface area contributed by atoms with Crippen molar-refractivity contribution in [1.82, 2.24) is 19.8 Å². The van der Waals surface area contributed by atoms with Crippen LogP contribution in [0.2, 0.25) is 0 Å². The van der Waals surface area contributed by atoms with Gasteiger partial charge in [-0.15, -0.1) is 0 Å². The minimum absolute atomic E-state index is 0.0289. The Bertz CT molecular complexity index is 502. The Hall–Kier alpha value is -1.89. The summed E-state index contributed by atoms with van der Waals surface area (Å²) in [5, 5.41) is 0. The Labute approximate surface area is 123 Å². The van der Waals surface area contributed by atoms with Gasteiger partial charge in [-0.3, -0.25) is 4.98 Å². The zero-order chi connectivity index (χ0) is 14.9. The first kappa shape index (κ1) is 14.1. The number of ether oxygens (including phenoxy) is 2. The second kappa shape index (κ2) is 5.48. The lowest BCUT2D eigenvalue weighted by atomic mass is 9.85. The van der Waals surface area contributed by atoms with Crippen molar-refractivity contribution in [3.63, 3.8) is 0 Å². The normalized spacial score (nSPS) is 23.5. The van der Waals surface area contributed by atoms with Gasteiger partial charge in [0.2, 0.25) is 5.88 Å². The standard InChI is InChI=1S/C14H20N4O3/c1-17(2)13(19)18-9-14(10-18)7-11(3-6-20-14)21-12-8-15-4-5-16-12/h4-5,8,11H,3,6-7,9-10H2,1-2H3. The summed E-state index contributed by atoms with van der Waals surface area (Å²) in [4.78, 5) is 23.4. The third kappa shape index (κ3) is 2.92. The highest BCUT2D eigenvalue weighted by Gasteiger charge is 2.50. The third-order valence-electron chi connectivity index (χ3n) is 3.89. The molecule has 2 fully saturated rings. The van der Waals surface area contributed by atoms with Crippen molar-refractivity contribution in [1.29, 1.82) is 0 Å². The van der Waals surface area contributed by atoms with Crippen molar-refractivity contribution in [2.75, 3.05) is 33.8 Å². The van der Waals surface area contributed by atoms with E-state index >= 15 is 0 Å². The second-order valence-corrected chi connectivity index (χ2v) is 5.84. The minimum Gasteiger partial charge on any atom is -0.473 e. The topological polar surface area (TPSA) is 67.8 Å². The fraction of sp³-hybridized carbons (Fsp3) is 0.643. The number of rotatable bonds is 2. The maximum Gasteiger partial charge on any atom is 0.319 e. The molecule has 1 spiro atoms. The molecular weight excluding hydrogens is 272 g/mol. The Kier molecular flexibility index (Phi) is 3.67. The van der Waals surface area contributed by atoms with Crippen LogP contribution in [0.25, 0.3) is 0 Å². The lowest BCUT2D eigenvalue weighted by Crippen LogP contribution is -2.68. The molecule has 3 heterocycles. The summed E-state index contributed by atoms with van der Waals surface area (Å²) in [6, 6.07) is 0.0289. The van der Waals surface area contributed by atoms with Crippen LogP contribution < -0.4 is 4.74 Å². The molecule has 1 aromatic heterocycles. The predicted molar refractivity (Wildman–Crippen MR) is 75.0 cm³/mol. The second-order valence-electron chi connectivity index (χ2n) is 5.84. The van der Waals surface area contributed by atoms with Gasteiger partial charge in [-0.2, -0.15) is 0 Å². The quantitative estimate of drug-likeness (QED) is 0.805. The van der Waals surface area contributed by atoms with Crippen molar-refractivity contribution in [3.8, 4) is 5.88 Å². The van der Waals surface area contributed by atoms with Crippen LogP contribution in [0.5, 0.6) is 5.88 Å². The predicted octanol–water partition coefficient (Wildman–Crippen LogP) is 0.770. The maximum absolute atomic E-state index is 11.9. The van der Waals surface area contributed by atoms with Gasteiger partial charge in [-0.1, -0.05) is 0 Å². The first-order valence-electron chi connectivity index (χ1n) is 7.11. The molecule has 0 radical (unpaired) electrons. The average molecular weight is 292 g/mol. The Morgan fingerprint density at radius 1 is 1.48 bits per heavy atom. The minimum atomic E-state index is -0.253. The Balaban J connectivity index is 1.56. The summed E-state index contributed by atoms with van der Waals surface area (Å²) >= 11 is 0. The van der Waals surface area contributed by atoms with Crippen molar-refractivity contribution in [2.24, 2.45) is 0 Å². The van der Waals surface area contributed by atoms with E-state index in [-0.39, 0.29) is 17.7 Å². The molecule has 0 aliphatic carbocycles. The summed E-state index contributed by atoms with van der Waals surface area (Å²) in [7, 11) is 3.52. The zero-order valence-corrected chi connectivity index (χ0v) is 12.4. The van der Waals surface area contributed by atoms with E-state index in [4.69, 9.17) is 9.47 Å². The van der Waals surface area contributed by atoms with Gasteiger partial charge in [-0.05, 0) is 0 Å². The molecule has 7 heteroatoms. The highest BCUT2D eigenvalue weighted by atomic mass is 16.5. The third-order valence-corrected chi connectivity index (χ3v) is 3.89. The van der Waals surface area contributed by atoms with Crippen LogP contribution in [-0.2, 0) is 4.74 Å². The van der Waals surface area contributed by atoms with Gasteiger partial charge in [0.15, 0.2) is 0 Å². The molecule has 7 nitrogen and oxygen atoms in total. The largest absolute Gasteiger partial charge is 0.473 e. The van der Waals surface area contributed by atoms with Crippen LogP contribution in [0.3, 0.4) is 0 Å². The van der Waals surface area contributed by atoms with Crippen LogP contribution in [0.15, 0.2) is 18.6 Å². The number of aromatic nitrogens is 2. The molecule has 1 aromatic rings. The fourth-order valence-corrected chi connectivity index (χ4v) is 2.89. The van der Waals surface area contributed by atoms with Crippen LogP contribution in [-0.4, -0.2) is 71.3 Å². The first-order valence-corrected chi connectivity index (χ1v) is 7.11. The highest BCUT2D eigenvalue weighted by Crippen LogP contribution is 2.35. The number of amides is 2. The van der Waals surface area contributed by atoms with Crippen molar-refractivity contribution < 1.29 is 14.3 Å². The fourth-order valence-electron chi connectivity index (χ4n) is 2.89. The van der Waals surface area contributed by atoms with Gasteiger partial charge in [0.05, 0.1) is 25.9 Å². The Morgan fingerprint density at radius 3 is 2.95 bits per heavy atom. The molecule has 0 N–H and O–H groups in total. The van der Waals surface area contributed by atoms with Gasteiger partial charge in [0, 0.05) is 39.3 Å². The molecule has 114 valence electrons. The van der Waals surface area contributed by atoms with E-state index in [0.29, 0.717) is 25.6 Å². The molecule has 3 rings (SSSR count). The van der Waals surface area contributed by atoms with E-state index in [9.17, 15) is 4.79 Å². The molecule has 1 unspecified atom stereocenters. The van der Waals surface area contributed by atoms with Gasteiger partial charge < -0.3 is 19.3 Å². The monoisotopic (exact) mass is 292 g/mol. The lowest BCUT2D eigenvalue weighted by molar-refractivity contribution is -0.174. The SMILES string of the molecule is CN(C)C(=O)N1CC2(CC(Oc3cnccn3)CCO2)C1. The summed E-state index contributed by atoms with van der Waals surface area (Å²) in [5.41, 5.74) is -0.253. The number of carbonyl (C=O) groups is 1. The maximum atomic E-state index is 11.9. The number of carbonyl (C=O) groups excluding carboxylic acids is 1. The van der Waals surface area contributed by atoms with Gasteiger partial charge in [0.1, 0.15) is 11.7 Å². The number of likely N-dealkylation sites (tertiary alicyclic amines) is 1. The zero-order valence-electron chi connectivity index (χ0n) is 12.4. The van der Waals surface area contributed by atoms with Crippen LogP contribution in [0.4, 0.5) is 4.79 Å². The lowest BCUT2D eigenvalue weighted by Gasteiger charge is -2.53. The Morgan fingerprint density at radius 2 is 2.29 bits per heavy atom. The summed E-state index contributed by atoms with van der Waals surface area (Å²) in [6.07, 6.45) is 6.53. The summed E-state index contributed by atoms with van der Waals surface area (Å²) in [5.74, 6) is 0.542. The van der Waals surface area contributed by atoms with Crippen LogP contribution >= 0.6 is 0 Å². The van der Waals surface area contributed by atoms with E-state index in [1.165, 1.54) is 0 Å². The molecule has 2 amide bonds. The van der Waals surface area contributed by atoms with Crippen molar-refractivity contribution in [2.45, 2.75) is 24.5 Å². The van der Waals surface area contributed by atoms with E-state index in [2.05, 4.69) is 9.97 Å². The smallest absolute Gasteiger partial charge is 0.319 e. The van der Waals surface area contributed by atoms with Crippen molar-refractivity contribution >= 4 is 6.03 Å². The van der Waals surface area contributed by atoms with Crippen molar-refractivity contribution in [3.05, 3.63) is 18.6 Å². The molecule has 0 saturated carbocycles. The summed E-state index contributed by atoms with van der Waals surface area (Å²) in [6.45, 7) is 1.91. The van der Waals surface area contributed by atoms with E-state index in [1.807, 2.05) is 0 Å². The van der Waals surface area contributed by atoms with E-state index in [0.717, 1.165) is 12.8 Å². The van der Waals surface area contributed by atoms with Crippen LogP contribution in [0.1, 0.15) is 12.8 Å². The summed E-state index contributed by atoms with van der Waals surface area (Å²) < 4.78 is 11.8. The molecule has 2 aliphatic heterocycles. The molecule has 21 heavy (non-hydrogen) atoms. The molecule has 1 atom stereocenters. The molecule has 0 bridgehead atoms. The van der Waals surface area contributed by atoms with Gasteiger partial charge >= 0.3 is 6.03 Å². The molecule has 2 saturated heterocycles.